The van der Waals surface area contributed by atoms with Crippen LogP contribution in [-0.2, 0) is 14.4 Å². The van der Waals surface area contributed by atoms with Gasteiger partial charge in [-0.2, -0.15) is 10.2 Å². The van der Waals surface area contributed by atoms with Crippen LogP contribution in [0.5, 0.6) is 0 Å². The Labute approximate surface area is 271 Å². The van der Waals surface area contributed by atoms with E-state index in [1.54, 1.807) is 17.1 Å². The highest BCUT2D eigenvalue weighted by Crippen LogP contribution is 2.45. The van der Waals surface area contributed by atoms with Gasteiger partial charge in [0.15, 0.2) is 12.1 Å². The molecule has 2 fully saturated rings. The standard InChI is InChI=1S/C33H28Br2N6O3/c1-19-5-15-25(16-6-19)40-32(43)29-31(33(40)44)39(38-36-29)18-27(42)41-30(21-9-13-24(35)14-10-21)26-4-2-3-22(28(26)37-41)17-20-7-11-23(34)12-8-20/h5-17,26,29-31H,2-4,18H2,1H3/b22-17+/t26-,29+,30-,31-/m0/s1. The zero-order valence-corrected chi connectivity index (χ0v) is 27.0. The van der Waals surface area contributed by atoms with Crippen LogP contribution in [0.25, 0.3) is 6.08 Å². The Morgan fingerprint density at radius 3 is 2.30 bits per heavy atom. The SMILES string of the molecule is Cc1ccc(N2C(=O)[C@@H]3[C@@H](N=NN3CC(=O)N3N=C4/C(=C/c5ccc(Br)cc5)CCC[C@@H]4[C@@H]3c3ccc(Br)cc3)C2=O)cc1. The number of carbonyl (C=O) groups is 3. The number of amides is 3. The van der Waals surface area contributed by atoms with E-state index < -0.39 is 23.9 Å². The molecule has 1 saturated carbocycles. The predicted octanol–water partition coefficient (Wildman–Crippen LogP) is 6.64. The molecule has 7 rings (SSSR count). The van der Waals surface area contributed by atoms with Crippen LogP contribution in [0.3, 0.4) is 0 Å². The van der Waals surface area contributed by atoms with E-state index in [9.17, 15) is 14.4 Å². The summed E-state index contributed by atoms with van der Waals surface area (Å²) >= 11 is 7.03. The minimum absolute atomic E-state index is 0.0234. The van der Waals surface area contributed by atoms with E-state index in [2.05, 4.69) is 60.4 Å². The maximum Gasteiger partial charge on any atom is 0.264 e. The van der Waals surface area contributed by atoms with E-state index in [4.69, 9.17) is 5.10 Å². The van der Waals surface area contributed by atoms with E-state index in [0.29, 0.717) is 5.69 Å². The number of rotatable bonds is 5. The van der Waals surface area contributed by atoms with E-state index in [-0.39, 0.29) is 24.4 Å². The van der Waals surface area contributed by atoms with E-state index in [1.165, 1.54) is 5.01 Å². The molecule has 3 amide bonds. The van der Waals surface area contributed by atoms with Crippen molar-refractivity contribution in [3.05, 3.63) is 104 Å². The summed E-state index contributed by atoms with van der Waals surface area (Å²) in [6.07, 6.45) is 4.91. The third kappa shape index (κ3) is 5.11. The molecule has 3 aromatic carbocycles. The molecule has 1 aliphatic carbocycles. The van der Waals surface area contributed by atoms with Crippen LogP contribution in [0.2, 0.25) is 0 Å². The summed E-state index contributed by atoms with van der Waals surface area (Å²) in [6.45, 7) is 1.71. The molecule has 0 bridgehead atoms. The highest BCUT2D eigenvalue weighted by Gasteiger charge is 2.55. The van der Waals surface area contributed by atoms with Crippen molar-refractivity contribution in [1.82, 2.24) is 10.0 Å². The maximum absolute atomic E-state index is 14.1. The summed E-state index contributed by atoms with van der Waals surface area (Å²) < 4.78 is 1.96. The number of aryl methyl sites for hydroxylation is 1. The second-order valence-electron chi connectivity index (χ2n) is 11.5. The van der Waals surface area contributed by atoms with Crippen LogP contribution in [0.1, 0.15) is 42.0 Å². The van der Waals surface area contributed by atoms with Crippen LogP contribution < -0.4 is 4.90 Å². The smallest absolute Gasteiger partial charge is 0.264 e. The molecule has 11 heteroatoms. The number of nitrogens with zero attached hydrogens (tertiary/aromatic N) is 6. The number of imide groups is 1. The van der Waals surface area contributed by atoms with Gasteiger partial charge in [-0.3, -0.25) is 19.4 Å². The summed E-state index contributed by atoms with van der Waals surface area (Å²) in [5.74, 6) is -1.16. The zero-order chi connectivity index (χ0) is 30.5. The van der Waals surface area contributed by atoms with Crippen molar-refractivity contribution in [2.75, 3.05) is 11.4 Å². The zero-order valence-electron chi connectivity index (χ0n) is 23.8. The Bertz CT molecular complexity index is 1740. The molecular formula is C33H28Br2N6O3. The van der Waals surface area contributed by atoms with Crippen molar-refractivity contribution >= 4 is 67.1 Å². The molecular weight excluding hydrogens is 688 g/mol. The van der Waals surface area contributed by atoms with E-state index >= 15 is 0 Å². The van der Waals surface area contributed by atoms with Gasteiger partial charge >= 0.3 is 0 Å². The summed E-state index contributed by atoms with van der Waals surface area (Å²) in [7, 11) is 0. The maximum atomic E-state index is 14.1. The minimum atomic E-state index is -0.980. The van der Waals surface area contributed by atoms with Gasteiger partial charge in [-0.25, -0.2) is 9.91 Å². The molecule has 3 aromatic rings. The van der Waals surface area contributed by atoms with Crippen molar-refractivity contribution < 1.29 is 14.4 Å². The highest BCUT2D eigenvalue weighted by molar-refractivity contribution is 9.10. The fourth-order valence-electron chi connectivity index (χ4n) is 6.47. The van der Waals surface area contributed by atoms with Gasteiger partial charge < -0.3 is 0 Å². The number of carbonyl (C=O) groups excluding carboxylic acids is 3. The number of halogens is 2. The number of benzene rings is 3. The summed E-state index contributed by atoms with van der Waals surface area (Å²) in [5.41, 5.74) is 5.59. The van der Waals surface area contributed by atoms with Crippen molar-refractivity contribution in [2.24, 2.45) is 21.4 Å². The topological polar surface area (TPSA) is 98.0 Å². The summed E-state index contributed by atoms with van der Waals surface area (Å²) in [4.78, 5) is 42.0. The monoisotopic (exact) mass is 714 g/mol. The first kappa shape index (κ1) is 28.8. The molecule has 9 nitrogen and oxygen atoms in total. The lowest BCUT2D eigenvalue weighted by Crippen LogP contribution is -2.45. The normalized spacial score (nSPS) is 25.1. The highest BCUT2D eigenvalue weighted by atomic mass is 79.9. The van der Waals surface area contributed by atoms with Gasteiger partial charge in [0.25, 0.3) is 17.7 Å². The van der Waals surface area contributed by atoms with E-state index in [0.717, 1.165) is 61.1 Å². The molecule has 1 saturated heterocycles. The third-order valence-electron chi connectivity index (χ3n) is 8.63. The second-order valence-corrected chi connectivity index (χ2v) is 13.3. The Hall–Kier alpha value is -3.96. The third-order valence-corrected chi connectivity index (χ3v) is 9.68. The largest absolute Gasteiger partial charge is 0.271 e. The van der Waals surface area contributed by atoms with Crippen molar-refractivity contribution in [2.45, 2.75) is 44.3 Å². The Balaban J connectivity index is 1.18. The van der Waals surface area contributed by atoms with Crippen LogP contribution >= 0.6 is 31.9 Å². The summed E-state index contributed by atoms with van der Waals surface area (Å²) in [6, 6.07) is 21.0. The average Bonchev–Trinajstić information content (AvgIpc) is 3.69. The first-order valence-corrected chi connectivity index (χ1v) is 16.1. The Kier molecular flexibility index (Phi) is 7.54. The number of fused-ring (bicyclic) bond motifs is 2. The van der Waals surface area contributed by atoms with Crippen molar-refractivity contribution in [1.29, 1.82) is 0 Å². The first-order chi connectivity index (χ1) is 21.3. The fourth-order valence-corrected chi connectivity index (χ4v) is 7.00. The van der Waals surface area contributed by atoms with Crippen LogP contribution in [0.4, 0.5) is 5.69 Å². The second kappa shape index (κ2) is 11.5. The molecule has 222 valence electrons. The van der Waals surface area contributed by atoms with Gasteiger partial charge in [0.05, 0.1) is 17.4 Å². The number of hydrogen-bond acceptors (Lipinski definition) is 7. The van der Waals surface area contributed by atoms with Gasteiger partial charge in [-0.15, -0.1) is 0 Å². The number of anilines is 1. The molecule has 0 aromatic heterocycles. The van der Waals surface area contributed by atoms with Gasteiger partial charge in [0.1, 0.15) is 6.54 Å². The molecule has 0 unspecified atom stereocenters. The number of allylic oxidation sites excluding steroid dienone is 1. The lowest BCUT2D eigenvalue weighted by Gasteiger charge is -2.30. The van der Waals surface area contributed by atoms with Crippen LogP contribution in [0.15, 0.2) is 103 Å². The molecule has 3 heterocycles. The Morgan fingerprint density at radius 1 is 0.909 bits per heavy atom. The van der Waals surface area contributed by atoms with Gasteiger partial charge in [-0.1, -0.05) is 79.0 Å². The molecule has 44 heavy (non-hydrogen) atoms. The van der Waals surface area contributed by atoms with Crippen LogP contribution in [-0.4, -0.2) is 52.1 Å². The van der Waals surface area contributed by atoms with E-state index in [1.807, 2.05) is 55.5 Å². The number of hydrazone groups is 1. The molecule has 0 radical (unpaired) electrons. The Morgan fingerprint density at radius 2 is 1.59 bits per heavy atom. The molecule has 3 aliphatic heterocycles. The molecule has 4 aliphatic rings. The van der Waals surface area contributed by atoms with Crippen molar-refractivity contribution in [3.8, 4) is 0 Å². The van der Waals surface area contributed by atoms with Crippen molar-refractivity contribution in [3.63, 3.8) is 0 Å². The van der Waals surface area contributed by atoms with Crippen LogP contribution in [0, 0.1) is 12.8 Å². The first-order valence-electron chi connectivity index (χ1n) is 14.5. The predicted molar refractivity (Wildman–Crippen MR) is 173 cm³/mol. The quantitative estimate of drug-likeness (QED) is 0.277. The lowest BCUT2D eigenvalue weighted by molar-refractivity contribution is -0.136. The van der Waals surface area contributed by atoms with Gasteiger partial charge in [-0.05, 0) is 85.4 Å². The minimum Gasteiger partial charge on any atom is -0.271 e. The average molecular weight is 716 g/mol. The number of hydrogen-bond donors (Lipinski definition) is 0. The summed E-state index contributed by atoms with van der Waals surface area (Å²) in [5, 5.41) is 16.1. The molecule has 0 N–H and O–H groups in total. The fraction of sp³-hybridized carbons (Fsp3) is 0.273. The molecule has 0 spiro atoms. The molecule has 4 atom stereocenters. The van der Waals surface area contributed by atoms with Gasteiger partial charge in [0, 0.05) is 14.9 Å². The van der Waals surface area contributed by atoms with Gasteiger partial charge in [0.2, 0.25) is 0 Å². The lowest BCUT2D eigenvalue weighted by atomic mass is 9.77.